The van der Waals surface area contributed by atoms with Crippen molar-refractivity contribution < 1.29 is 0 Å². The zero-order valence-electron chi connectivity index (χ0n) is 7.52. The molecule has 0 radical (unpaired) electrons. The molecular weight excluding hydrogens is 122 g/mol. The van der Waals surface area contributed by atoms with Crippen LogP contribution in [0.15, 0.2) is 11.8 Å². The Balaban J connectivity index is 3.86. The molecule has 0 atom stereocenters. The molecule has 0 rings (SSSR count). The second-order valence-electron chi connectivity index (χ2n) is 3.49. The van der Waals surface area contributed by atoms with Crippen LogP contribution in [0.5, 0.6) is 0 Å². The summed E-state index contributed by atoms with van der Waals surface area (Å²) >= 11 is 0. The maximum atomic E-state index is 5.46. The molecule has 0 saturated carbocycles. The quantitative estimate of drug-likeness (QED) is 0.642. The number of nitrogens with two attached hydrogens (primary N) is 1. The van der Waals surface area contributed by atoms with E-state index < -0.39 is 0 Å². The van der Waals surface area contributed by atoms with Crippen molar-refractivity contribution in [2.75, 3.05) is 0 Å². The third-order valence-corrected chi connectivity index (χ3v) is 1.60. The van der Waals surface area contributed by atoms with Gasteiger partial charge in [0.15, 0.2) is 0 Å². The smallest absolute Gasteiger partial charge is 0.00678 e. The summed E-state index contributed by atoms with van der Waals surface area (Å²) in [6, 6.07) is 0. The SMILES string of the molecule is CC(C)C/C(=C\N)C(C)C. The van der Waals surface area contributed by atoms with Gasteiger partial charge in [-0.05, 0) is 24.5 Å². The van der Waals surface area contributed by atoms with Crippen molar-refractivity contribution in [3.8, 4) is 0 Å². The summed E-state index contributed by atoms with van der Waals surface area (Å²) in [7, 11) is 0. The zero-order valence-corrected chi connectivity index (χ0v) is 7.52. The van der Waals surface area contributed by atoms with Gasteiger partial charge in [-0.15, -0.1) is 0 Å². The van der Waals surface area contributed by atoms with Gasteiger partial charge in [0.1, 0.15) is 0 Å². The van der Waals surface area contributed by atoms with Gasteiger partial charge >= 0.3 is 0 Å². The second kappa shape index (κ2) is 4.37. The van der Waals surface area contributed by atoms with E-state index >= 15 is 0 Å². The fraction of sp³-hybridized carbons (Fsp3) is 0.778. The lowest BCUT2D eigenvalue weighted by molar-refractivity contribution is 0.585. The first-order valence-electron chi connectivity index (χ1n) is 3.98. The molecule has 0 spiro atoms. The number of allylic oxidation sites excluding steroid dienone is 1. The van der Waals surface area contributed by atoms with E-state index in [2.05, 4.69) is 27.7 Å². The minimum absolute atomic E-state index is 0.604. The zero-order chi connectivity index (χ0) is 8.15. The molecule has 0 aliphatic rings. The summed E-state index contributed by atoms with van der Waals surface area (Å²) < 4.78 is 0. The largest absolute Gasteiger partial charge is 0.405 e. The van der Waals surface area contributed by atoms with Crippen LogP contribution in [0.1, 0.15) is 34.1 Å². The van der Waals surface area contributed by atoms with E-state index in [0.29, 0.717) is 5.92 Å². The Labute approximate surface area is 64.3 Å². The normalized spacial score (nSPS) is 13.2. The summed E-state index contributed by atoms with van der Waals surface area (Å²) in [5.41, 5.74) is 6.83. The van der Waals surface area contributed by atoms with Crippen LogP contribution >= 0.6 is 0 Å². The molecule has 1 heteroatoms. The Morgan fingerprint density at radius 2 is 1.80 bits per heavy atom. The predicted molar refractivity (Wildman–Crippen MR) is 46.6 cm³/mol. The van der Waals surface area contributed by atoms with Crippen LogP contribution in [-0.4, -0.2) is 0 Å². The molecule has 0 aromatic rings. The molecule has 0 bridgehead atoms. The standard InChI is InChI=1S/C9H19N/c1-7(2)5-9(6-10)8(3)4/h6-8H,5,10H2,1-4H3/b9-6+. The number of hydrogen-bond donors (Lipinski definition) is 1. The van der Waals surface area contributed by atoms with E-state index in [0.717, 1.165) is 12.3 Å². The van der Waals surface area contributed by atoms with Crippen molar-refractivity contribution in [2.45, 2.75) is 34.1 Å². The van der Waals surface area contributed by atoms with Gasteiger partial charge in [0.05, 0.1) is 0 Å². The fourth-order valence-corrected chi connectivity index (χ4v) is 0.968. The lowest BCUT2D eigenvalue weighted by Gasteiger charge is -2.12. The van der Waals surface area contributed by atoms with Crippen LogP contribution < -0.4 is 5.73 Å². The molecule has 2 N–H and O–H groups in total. The monoisotopic (exact) mass is 141 g/mol. The highest BCUT2D eigenvalue weighted by Gasteiger charge is 2.03. The van der Waals surface area contributed by atoms with Crippen molar-refractivity contribution in [2.24, 2.45) is 17.6 Å². The molecule has 0 heterocycles. The minimum atomic E-state index is 0.604. The Morgan fingerprint density at radius 3 is 1.90 bits per heavy atom. The summed E-state index contributed by atoms with van der Waals surface area (Å²) in [6.45, 7) is 8.79. The molecule has 0 aliphatic carbocycles. The van der Waals surface area contributed by atoms with Crippen LogP contribution in [0.25, 0.3) is 0 Å². The van der Waals surface area contributed by atoms with Gasteiger partial charge in [-0.1, -0.05) is 33.3 Å². The van der Waals surface area contributed by atoms with E-state index in [4.69, 9.17) is 5.73 Å². The van der Waals surface area contributed by atoms with Crippen LogP contribution in [0.2, 0.25) is 0 Å². The van der Waals surface area contributed by atoms with Gasteiger partial charge in [-0.3, -0.25) is 0 Å². The summed E-state index contributed by atoms with van der Waals surface area (Å²) in [5, 5.41) is 0. The lowest BCUT2D eigenvalue weighted by Crippen LogP contribution is -2.01. The molecule has 0 amide bonds. The van der Waals surface area contributed by atoms with Crippen LogP contribution in [0.3, 0.4) is 0 Å². The Bertz CT molecular complexity index is 112. The molecule has 0 fully saturated rings. The van der Waals surface area contributed by atoms with Crippen molar-refractivity contribution >= 4 is 0 Å². The fourth-order valence-electron chi connectivity index (χ4n) is 0.968. The lowest BCUT2D eigenvalue weighted by atomic mass is 9.95. The van der Waals surface area contributed by atoms with Crippen molar-refractivity contribution in [3.05, 3.63) is 11.8 Å². The predicted octanol–water partition coefficient (Wildman–Crippen LogP) is 2.53. The van der Waals surface area contributed by atoms with Gasteiger partial charge in [-0.2, -0.15) is 0 Å². The van der Waals surface area contributed by atoms with E-state index in [1.165, 1.54) is 5.57 Å². The molecule has 0 saturated heterocycles. The van der Waals surface area contributed by atoms with E-state index in [1.807, 2.05) is 0 Å². The number of hydrogen-bond acceptors (Lipinski definition) is 1. The van der Waals surface area contributed by atoms with Gasteiger partial charge in [0.25, 0.3) is 0 Å². The minimum Gasteiger partial charge on any atom is -0.405 e. The van der Waals surface area contributed by atoms with Crippen molar-refractivity contribution in [1.82, 2.24) is 0 Å². The van der Waals surface area contributed by atoms with E-state index in [9.17, 15) is 0 Å². The maximum Gasteiger partial charge on any atom is -0.00678 e. The van der Waals surface area contributed by atoms with Gasteiger partial charge < -0.3 is 5.73 Å². The van der Waals surface area contributed by atoms with Gasteiger partial charge in [-0.25, -0.2) is 0 Å². The molecule has 0 unspecified atom stereocenters. The van der Waals surface area contributed by atoms with E-state index in [-0.39, 0.29) is 0 Å². The molecule has 0 aromatic carbocycles. The average Bonchev–Trinajstić information content (AvgIpc) is 1.81. The maximum absolute atomic E-state index is 5.46. The molecule has 0 aliphatic heterocycles. The van der Waals surface area contributed by atoms with Crippen molar-refractivity contribution in [1.29, 1.82) is 0 Å². The first-order chi connectivity index (χ1) is 4.57. The van der Waals surface area contributed by atoms with Crippen LogP contribution in [0, 0.1) is 11.8 Å². The molecular formula is C9H19N. The summed E-state index contributed by atoms with van der Waals surface area (Å²) in [4.78, 5) is 0. The molecule has 60 valence electrons. The third kappa shape index (κ3) is 3.54. The van der Waals surface area contributed by atoms with Crippen molar-refractivity contribution in [3.63, 3.8) is 0 Å². The summed E-state index contributed by atoms with van der Waals surface area (Å²) in [5.74, 6) is 1.32. The molecule has 10 heavy (non-hydrogen) atoms. The Hall–Kier alpha value is -0.460. The van der Waals surface area contributed by atoms with Crippen LogP contribution in [0.4, 0.5) is 0 Å². The highest BCUT2D eigenvalue weighted by Crippen LogP contribution is 2.17. The first kappa shape index (κ1) is 9.54. The van der Waals surface area contributed by atoms with Crippen LogP contribution in [-0.2, 0) is 0 Å². The average molecular weight is 141 g/mol. The topological polar surface area (TPSA) is 26.0 Å². The van der Waals surface area contributed by atoms with E-state index in [1.54, 1.807) is 6.20 Å². The van der Waals surface area contributed by atoms with Gasteiger partial charge in [0.2, 0.25) is 0 Å². The highest BCUT2D eigenvalue weighted by atomic mass is 14.5. The Kier molecular flexibility index (Phi) is 4.17. The number of rotatable bonds is 3. The second-order valence-corrected chi connectivity index (χ2v) is 3.49. The highest BCUT2D eigenvalue weighted by molar-refractivity contribution is 5.02. The molecule has 1 nitrogen and oxygen atoms in total. The summed E-state index contributed by atoms with van der Waals surface area (Å²) in [6.07, 6.45) is 2.89. The first-order valence-corrected chi connectivity index (χ1v) is 3.98. The van der Waals surface area contributed by atoms with Gasteiger partial charge in [0, 0.05) is 0 Å². The Morgan fingerprint density at radius 1 is 1.30 bits per heavy atom. The third-order valence-electron chi connectivity index (χ3n) is 1.60. The molecule has 0 aromatic heterocycles.